The first kappa shape index (κ1) is 14.5. The van der Waals surface area contributed by atoms with E-state index in [1.165, 1.54) is 24.5 Å². The van der Waals surface area contributed by atoms with Crippen LogP contribution in [0.2, 0.25) is 0 Å². The Balaban J connectivity index is 2.34. The standard InChI is InChI=1S/C12H15FN4O2S/c1-2-17-8-10(7-15-17)16-20(18,19)12-5-9(6-14)3-4-11(12)13/h3-5,7-8,16H,2,6,14H2,1H3. The molecule has 20 heavy (non-hydrogen) atoms. The zero-order valence-electron chi connectivity index (χ0n) is 10.9. The predicted octanol–water partition coefficient (Wildman–Crippen LogP) is 1.30. The molecule has 0 fully saturated rings. The van der Waals surface area contributed by atoms with E-state index in [2.05, 4.69) is 9.82 Å². The van der Waals surface area contributed by atoms with Crippen LogP contribution in [0.1, 0.15) is 12.5 Å². The summed E-state index contributed by atoms with van der Waals surface area (Å²) in [4.78, 5) is -0.426. The number of hydrogen-bond donors (Lipinski definition) is 2. The molecule has 1 heterocycles. The van der Waals surface area contributed by atoms with Crippen LogP contribution in [-0.4, -0.2) is 18.2 Å². The van der Waals surface area contributed by atoms with E-state index in [0.717, 1.165) is 6.07 Å². The van der Waals surface area contributed by atoms with E-state index >= 15 is 0 Å². The van der Waals surface area contributed by atoms with Crippen molar-refractivity contribution in [3.8, 4) is 0 Å². The third-order valence-electron chi connectivity index (χ3n) is 2.73. The summed E-state index contributed by atoms with van der Waals surface area (Å²) in [6.07, 6.45) is 2.90. The summed E-state index contributed by atoms with van der Waals surface area (Å²) in [5, 5.41) is 3.94. The Bertz CT molecular complexity index is 712. The van der Waals surface area contributed by atoms with Gasteiger partial charge in [0, 0.05) is 19.3 Å². The summed E-state index contributed by atoms with van der Waals surface area (Å²) < 4.78 is 41.9. The summed E-state index contributed by atoms with van der Waals surface area (Å²) in [6, 6.07) is 3.76. The van der Waals surface area contributed by atoms with Gasteiger partial charge in [0.25, 0.3) is 10.0 Å². The van der Waals surface area contributed by atoms with Crippen LogP contribution in [0.3, 0.4) is 0 Å². The van der Waals surface area contributed by atoms with Crippen LogP contribution in [0.15, 0.2) is 35.5 Å². The molecule has 108 valence electrons. The van der Waals surface area contributed by atoms with Crippen molar-refractivity contribution in [3.05, 3.63) is 42.0 Å². The largest absolute Gasteiger partial charge is 0.326 e. The topological polar surface area (TPSA) is 90.0 Å². The van der Waals surface area contributed by atoms with Crippen LogP contribution >= 0.6 is 0 Å². The van der Waals surface area contributed by atoms with Crippen LogP contribution in [-0.2, 0) is 23.1 Å². The molecule has 8 heteroatoms. The van der Waals surface area contributed by atoms with E-state index in [1.807, 2.05) is 6.92 Å². The minimum Gasteiger partial charge on any atom is -0.326 e. The van der Waals surface area contributed by atoms with Gasteiger partial charge in [0.2, 0.25) is 0 Å². The second-order valence-electron chi connectivity index (χ2n) is 4.16. The highest BCUT2D eigenvalue weighted by molar-refractivity contribution is 7.92. The molecule has 2 aromatic rings. The molecule has 0 aliphatic rings. The molecule has 0 saturated carbocycles. The number of anilines is 1. The summed E-state index contributed by atoms with van der Waals surface area (Å²) in [5.41, 5.74) is 6.25. The van der Waals surface area contributed by atoms with E-state index in [4.69, 9.17) is 5.73 Å². The molecule has 0 aliphatic heterocycles. The predicted molar refractivity (Wildman–Crippen MR) is 73.0 cm³/mol. The molecule has 0 saturated heterocycles. The fraction of sp³-hybridized carbons (Fsp3) is 0.250. The first-order valence-electron chi connectivity index (χ1n) is 6.00. The first-order chi connectivity index (χ1) is 9.46. The van der Waals surface area contributed by atoms with Gasteiger partial charge in [0.05, 0.1) is 11.9 Å². The molecule has 3 N–H and O–H groups in total. The first-order valence-corrected chi connectivity index (χ1v) is 7.48. The van der Waals surface area contributed by atoms with Gasteiger partial charge < -0.3 is 5.73 Å². The van der Waals surface area contributed by atoms with Crippen LogP contribution in [0.4, 0.5) is 10.1 Å². The Hall–Kier alpha value is -1.93. The van der Waals surface area contributed by atoms with Crippen molar-refractivity contribution in [1.82, 2.24) is 9.78 Å². The maximum atomic E-state index is 13.7. The number of rotatable bonds is 5. The van der Waals surface area contributed by atoms with Gasteiger partial charge in [0.15, 0.2) is 0 Å². The number of nitrogens with one attached hydrogen (secondary N) is 1. The number of nitrogens with two attached hydrogens (primary N) is 1. The Morgan fingerprint density at radius 2 is 2.20 bits per heavy atom. The Morgan fingerprint density at radius 1 is 1.45 bits per heavy atom. The lowest BCUT2D eigenvalue weighted by atomic mass is 10.2. The van der Waals surface area contributed by atoms with Crippen LogP contribution in [0, 0.1) is 5.82 Å². The average molecular weight is 298 g/mol. The minimum atomic E-state index is -4.01. The lowest BCUT2D eigenvalue weighted by Crippen LogP contribution is -2.15. The number of sulfonamides is 1. The molecule has 0 aliphatic carbocycles. The second-order valence-corrected chi connectivity index (χ2v) is 5.81. The molecule has 1 aromatic heterocycles. The molecule has 0 radical (unpaired) electrons. The van der Waals surface area contributed by atoms with Gasteiger partial charge in [-0.2, -0.15) is 5.10 Å². The summed E-state index contributed by atoms with van der Waals surface area (Å²) in [5.74, 6) is -0.822. The monoisotopic (exact) mass is 298 g/mol. The van der Waals surface area contributed by atoms with Crippen molar-refractivity contribution < 1.29 is 12.8 Å². The maximum absolute atomic E-state index is 13.7. The zero-order chi connectivity index (χ0) is 14.8. The van der Waals surface area contributed by atoms with Gasteiger partial charge in [-0.3, -0.25) is 9.40 Å². The fourth-order valence-electron chi connectivity index (χ4n) is 1.68. The van der Waals surface area contributed by atoms with Crippen molar-refractivity contribution in [2.45, 2.75) is 24.9 Å². The lowest BCUT2D eigenvalue weighted by Gasteiger charge is -2.08. The van der Waals surface area contributed by atoms with E-state index in [1.54, 1.807) is 4.68 Å². The minimum absolute atomic E-state index is 0.135. The lowest BCUT2D eigenvalue weighted by molar-refractivity contribution is 0.569. The second kappa shape index (κ2) is 5.59. The zero-order valence-corrected chi connectivity index (χ0v) is 11.7. The van der Waals surface area contributed by atoms with Crippen molar-refractivity contribution in [1.29, 1.82) is 0 Å². The molecule has 0 spiro atoms. The van der Waals surface area contributed by atoms with E-state index in [-0.39, 0.29) is 12.2 Å². The van der Waals surface area contributed by atoms with Crippen molar-refractivity contribution >= 4 is 15.7 Å². The van der Waals surface area contributed by atoms with E-state index in [9.17, 15) is 12.8 Å². The van der Waals surface area contributed by atoms with Crippen LogP contribution in [0.5, 0.6) is 0 Å². The number of hydrogen-bond acceptors (Lipinski definition) is 4. The third-order valence-corrected chi connectivity index (χ3v) is 4.13. The average Bonchev–Trinajstić information content (AvgIpc) is 2.86. The smallest absolute Gasteiger partial charge is 0.264 e. The molecule has 0 bridgehead atoms. The Kier molecular flexibility index (Phi) is 4.05. The van der Waals surface area contributed by atoms with Crippen LogP contribution < -0.4 is 10.5 Å². The summed E-state index contributed by atoms with van der Waals surface area (Å²) in [6.45, 7) is 2.62. The maximum Gasteiger partial charge on any atom is 0.264 e. The van der Waals surface area contributed by atoms with Gasteiger partial charge in [-0.05, 0) is 24.6 Å². The summed E-state index contributed by atoms with van der Waals surface area (Å²) >= 11 is 0. The number of aryl methyl sites for hydroxylation is 1. The normalized spacial score (nSPS) is 11.6. The molecule has 0 unspecified atom stereocenters. The highest BCUT2D eigenvalue weighted by Crippen LogP contribution is 2.20. The highest BCUT2D eigenvalue weighted by atomic mass is 32.2. The van der Waals surface area contributed by atoms with Gasteiger partial charge >= 0.3 is 0 Å². The third kappa shape index (κ3) is 2.97. The molecule has 6 nitrogen and oxygen atoms in total. The van der Waals surface area contributed by atoms with Gasteiger partial charge in [-0.15, -0.1) is 0 Å². The number of nitrogens with zero attached hydrogens (tertiary/aromatic N) is 2. The number of aromatic nitrogens is 2. The van der Waals surface area contributed by atoms with E-state index < -0.39 is 20.7 Å². The molecule has 0 amide bonds. The Labute approximate surface area is 116 Å². The summed E-state index contributed by atoms with van der Waals surface area (Å²) in [7, 11) is -4.01. The molecule has 1 aromatic carbocycles. The highest BCUT2D eigenvalue weighted by Gasteiger charge is 2.20. The van der Waals surface area contributed by atoms with Crippen LogP contribution in [0.25, 0.3) is 0 Å². The molecule has 0 atom stereocenters. The number of halogens is 1. The van der Waals surface area contributed by atoms with Crippen molar-refractivity contribution in [2.75, 3.05) is 4.72 Å². The fourth-order valence-corrected chi connectivity index (χ4v) is 2.84. The molecule has 2 rings (SSSR count). The van der Waals surface area contributed by atoms with Gasteiger partial charge in [-0.25, -0.2) is 12.8 Å². The SMILES string of the molecule is CCn1cc(NS(=O)(=O)c2cc(CN)ccc2F)cn1. The van der Waals surface area contributed by atoms with E-state index in [0.29, 0.717) is 12.1 Å². The van der Waals surface area contributed by atoms with Gasteiger partial charge in [-0.1, -0.05) is 6.07 Å². The quantitative estimate of drug-likeness (QED) is 0.870. The van der Waals surface area contributed by atoms with Crippen molar-refractivity contribution in [2.24, 2.45) is 5.73 Å². The van der Waals surface area contributed by atoms with Crippen molar-refractivity contribution in [3.63, 3.8) is 0 Å². The number of benzene rings is 1. The molecular formula is C12H15FN4O2S. The van der Waals surface area contributed by atoms with Gasteiger partial charge in [0.1, 0.15) is 10.7 Å². The Morgan fingerprint density at radius 3 is 2.80 bits per heavy atom. The molecular weight excluding hydrogens is 283 g/mol.